The summed E-state index contributed by atoms with van der Waals surface area (Å²) in [5.74, 6) is -0.171. The molecular weight excluding hydrogens is 252 g/mol. The van der Waals surface area contributed by atoms with E-state index in [1.54, 1.807) is 0 Å². The number of unbranched alkanes of at least 4 members (excludes halogenated alkanes) is 1. The lowest BCUT2D eigenvalue weighted by atomic mass is 10.1. The number of carbonyl (C=O) groups is 1. The van der Waals surface area contributed by atoms with Crippen molar-refractivity contribution in [3.05, 3.63) is 36.0 Å². The van der Waals surface area contributed by atoms with Gasteiger partial charge in [0.1, 0.15) is 6.54 Å². The molecule has 1 aromatic carbocycles. The standard InChI is InChI=1S/C16H22N2O2/c1-3-4-9-20-16(19)12-18-8-7-14-6-5-13(11-17-2)10-15(14)18/h5-8,10,17H,3-4,9,11-12H2,1-2H3. The smallest absolute Gasteiger partial charge is 0.325 e. The van der Waals surface area contributed by atoms with E-state index in [0.717, 1.165) is 30.3 Å². The van der Waals surface area contributed by atoms with Crippen molar-refractivity contribution in [2.75, 3.05) is 13.7 Å². The van der Waals surface area contributed by atoms with Crippen LogP contribution in [0.2, 0.25) is 0 Å². The summed E-state index contributed by atoms with van der Waals surface area (Å²) in [6.45, 7) is 3.69. The molecular formula is C16H22N2O2. The van der Waals surface area contributed by atoms with Crippen LogP contribution in [-0.2, 0) is 22.6 Å². The van der Waals surface area contributed by atoms with Crippen LogP contribution in [-0.4, -0.2) is 24.2 Å². The largest absolute Gasteiger partial charge is 0.464 e. The molecule has 1 N–H and O–H groups in total. The first kappa shape index (κ1) is 14.6. The zero-order chi connectivity index (χ0) is 14.4. The summed E-state index contributed by atoms with van der Waals surface area (Å²) in [6.07, 6.45) is 3.90. The maximum atomic E-state index is 11.8. The van der Waals surface area contributed by atoms with Gasteiger partial charge in [0.25, 0.3) is 0 Å². The van der Waals surface area contributed by atoms with Crippen LogP contribution in [0.1, 0.15) is 25.3 Å². The summed E-state index contributed by atoms with van der Waals surface area (Å²) in [4.78, 5) is 11.8. The number of nitrogens with zero attached hydrogens (tertiary/aromatic N) is 1. The van der Waals surface area contributed by atoms with Crippen LogP contribution < -0.4 is 5.32 Å². The van der Waals surface area contributed by atoms with E-state index in [9.17, 15) is 4.79 Å². The number of esters is 1. The fourth-order valence-corrected chi connectivity index (χ4v) is 2.20. The van der Waals surface area contributed by atoms with Crippen molar-refractivity contribution >= 4 is 16.9 Å². The van der Waals surface area contributed by atoms with Gasteiger partial charge < -0.3 is 14.6 Å². The number of carbonyl (C=O) groups excluding carboxylic acids is 1. The van der Waals surface area contributed by atoms with Crippen molar-refractivity contribution in [2.24, 2.45) is 0 Å². The average Bonchev–Trinajstić information content (AvgIpc) is 2.82. The number of benzene rings is 1. The van der Waals surface area contributed by atoms with Crippen LogP contribution in [0.5, 0.6) is 0 Å². The Labute approximate surface area is 119 Å². The van der Waals surface area contributed by atoms with Crippen LogP contribution >= 0.6 is 0 Å². The third-order valence-corrected chi connectivity index (χ3v) is 3.28. The minimum Gasteiger partial charge on any atom is -0.464 e. The molecule has 0 fully saturated rings. The summed E-state index contributed by atoms with van der Waals surface area (Å²) in [7, 11) is 1.92. The Morgan fingerprint density at radius 1 is 1.35 bits per heavy atom. The molecule has 1 heterocycles. The molecule has 0 unspecified atom stereocenters. The van der Waals surface area contributed by atoms with Crippen molar-refractivity contribution in [1.82, 2.24) is 9.88 Å². The Bertz CT molecular complexity index is 575. The SMILES string of the molecule is CCCCOC(=O)Cn1ccc2ccc(CNC)cc21. The molecule has 0 amide bonds. The molecule has 0 saturated heterocycles. The van der Waals surface area contributed by atoms with E-state index in [1.807, 2.05) is 23.9 Å². The van der Waals surface area contributed by atoms with E-state index in [-0.39, 0.29) is 12.5 Å². The third-order valence-electron chi connectivity index (χ3n) is 3.28. The molecule has 0 aliphatic heterocycles. The molecule has 0 radical (unpaired) electrons. The fourth-order valence-electron chi connectivity index (χ4n) is 2.20. The van der Waals surface area contributed by atoms with Crippen molar-refractivity contribution in [1.29, 1.82) is 0 Å². The Morgan fingerprint density at radius 3 is 2.95 bits per heavy atom. The number of ether oxygens (including phenoxy) is 1. The zero-order valence-corrected chi connectivity index (χ0v) is 12.2. The van der Waals surface area contributed by atoms with E-state index >= 15 is 0 Å². The van der Waals surface area contributed by atoms with Crippen molar-refractivity contribution in [3.8, 4) is 0 Å². The van der Waals surface area contributed by atoms with Gasteiger partial charge in [-0.2, -0.15) is 0 Å². The number of nitrogens with one attached hydrogen (secondary N) is 1. The molecule has 108 valence electrons. The second-order valence-electron chi connectivity index (χ2n) is 4.94. The maximum absolute atomic E-state index is 11.8. The van der Waals surface area contributed by atoms with E-state index < -0.39 is 0 Å². The van der Waals surface area contributed by atoms with Crippen molar-refractivity contribution in [3.63, 3.8) is 0 Å². The molecule has 1 aromatic heterocycles. The quantitative estimate of drug-likeness (QED) is 0.623. The maximum Gasteiger partial charge on any atom is 0.325 e. The second-order valence-corrected chi connectivity index (χ2v) is 4.94. The lowest BCUT2D eigenvalue weighted by molar-refractivity contribution is -0.144. The van der Waals surface area contributed by atoms with Crippen molar-refractivity contribution in [2.45, 2.75) is 32.9 Å². The molecule has 0 bridgehead atoms. The Hall–Kier alpha value is -1.81. The predicted octanol–water partition coefficient (Wildman–Crippen LogP) is 2.70. The molecule has 4 heteroatoms. The minimum atomic E-state index is -0.171. The number of aromatic nitrogens is 1. The fraction of sp³-hybridized carbons (Fsp3) is 0.438. The van der Waals surface area contributed by atoms with Gasteiger partial charge in [-0.25, -0.2) is 0 Å². The van der Waals surface area contributed by atoms with E-state index in [0.29, 0.717) is 6.61 Å². The van der Waals surface area contributed by atoms with Gasteiger partial charge in [-0.15, -0.1) is 0 Å². The lowest BCUT2D eigenvalue weighted by Gasteiger charge is -2.07. The highest BCUT2D eigenvalue weighted by Crippen LogP contribution is 2.18. The van der Waals surface area contributed by atoms with Crippen molar-refractivity contribution < 1.29 is 9.53 Å². The predicted molar refractivity (Wildman–Crippen MR) is 80.6 cm³/mol. The molecule has 0 saturated carbocycles. The minimum absolute atomic E-state index is 0.171. The number of hydrogen-bond donors (Lipinski definition) is 1. The summed E-state index contributed by atoms with van der Waals surface area (Å²) < 4.78 is 7.16. The summed E-state index contributed by atoms with van der Waals surface area (Å²) in [5.41, 5.74) is 2.28. The molecule has 4 nitrogen and oxygen atoms in total. The van der Waals surface area contributed by atoms with Crippen LogP contribution in [0.3, 0.4) is 0 Å². The second kappa shape index (κ2) is 7.10. The lowest BCUT2D eigenvalue weighted by Crippen LogP contribution is -2.13. The Morgan fingerprint density at radius 2 is 2.20 bits per heavy atom. The van der Waals surface area contributed by atoms with Gasteiger partial charge in [-0.05, 0) is 36.6 Å². The normalized spacial score (nSPS) is 10.9. The summed E-state index contributed by atoms with van der Waals surface area (Å²) >= 11 is 0. The van der Waals surface area contributed by atoms with Crippen LogP contribution in [0.4, 0.5) is 0 Å². The topological polar surface area (TPSA) is 43.3 Å². The first-order valence-electron chi connectivity index (χ1n) is 7.12. The molecule has 0 spiro atoms. The molecule has 2 aromatic rings. The number of rotatable bonds is 7. The highest BCUT2D eigenvalue weighted by molar-refractivity contribution is 5.82. The van der Waals surface area contributed by atoms with E-state index in [2.05, 4.69) is 30.4 Å². The first-order valence-corrected chi connectivity index (χ1v) is 7.12. The molecule has 0 aliphatic rings. The van der Waals surface area contributed by atoms with Gasteiger partial charge >= 0.3 is 5.97 Å². The van der Waals surface area contributed by atoms with Gasteiger partial charge in [-0.3, -0.25) is 4.79 Å². The molecule has 2 rings (SSSR count). The molecule has 0 aliphatic carbocycles. The summed E-state index contributed by atoms with van der Waals surface area (Å²) in [5, 5.41) is 4.28. The molecule has 0 atom stereocenters. The van der Waals surface area contributed by atoms with Crippen LogP contribution in [0.15, 0.2) is 30.5 Å². The zero-order valence-electron chi connectivity index (χ0n) is 12.2. The van der Waals surface area contributed by atoms with Gasteiger partial charge in [0.15, 0.2) is 0 Å². The van der Waals surface area contributed by atoms with Crippen LogP contribution in [0, 0.1) is 0 Å². The van der Waals surface area contributed by atoms with E-state index in [1.165, 1.54) is 5.56 Å². The number of hydrogen-bond acceptors (Lipinski definition) is 3. The van der Waals surface area contributed by atoms with E-state index in [4.69, 9.17) is 4.74 Å². The Balaban J connectivity index is 2.09. The first-order chi connectivity index (χ1) is 9.74. The number of fused-ring (bicyclic) bond motifs is 1. The Kier molecular flexibility index (Phi) is 5.18. The van der Waals surface area contributed by atoms with Gasteiger partial charge in [-0.1, -0.05) is 25.5 Å². The highest BCUT2D eigenvalue weighted by Gasteiger charge is 2.07. The highest BCUT2D eigenvalue weighted by atomic mass is 16.5. The third kappa shape index (κ3) is 3.61. The summed E-state index contributed by atoms with van der Waals surface area (Å²) in [6, 6.07) is 8.33. The van der Waals surface area contributed by atoms with Gasteiger partial charge in [0, 0.05) is 18.3 Å². The van der Waals surface area contributed by atoms with Gasteiger partial charge in [0.2, 0.25) is 0 Å². The monoisotopic (exact) mass is 274 g/mol. The average molecular weight is 274 g/mol. The van der Waals surface area contributed by atoms with Crippen LogP contribution in [0.25, 0.3) is 10.9 Å². The molecule has 20 heavy (non-hydrogen) atoms. The van der Waals surface area contributed by atoms with Gasteiger partial charge in [0.05, 0.1) is 6.61 Å².